The van der Waals surface area contributed by atoms with Crippen LogP contribution in [-0.4, -0.2) is 11.4 Å². The molecule has 8 saturated carbocycles. The van der Waals surface area contributed by atoms with Crippen LogP contribution in [0.15, 0.2) is 160 Å². The zero-order valence-electron chi connectivity index (χ0n) is 41.2. The lowest BCUT2D eigenvalue weighted by Gasteiger charge is -2.57. The highest BCUT2D eigenvalue weighted by molar-refractivity contribution is 6.94. The predicted octanol–water partition coefficient (Wildman–Crippen LogP) is 16.4. The van der Waals surface area contributed by atoms with E-state index in [4.69, 9.17) is 8.83 Å². The first-order valence-electron chi connectivity index (χ1n) is 28.0. The van der Waals surface area contributed by atoms with Crippen molar-refractivity contribution in [1.82, 2.24) is 4.57 Å². The van der Waals surface area contributed by atoms with Crippen LogP contribution < -0.4 is 15.7 Å². The van der Waals surface area contributed by atoms with Gasteiger partial charge in [0.1, 0.15) is 16.7 Å². The second-order valence-electron chi connectivity index (χ2n) is 25.2. The number of hydrogen-bond acceptors (Lipinski definition) is 3. The molecular weight excluding hydrogens is 888 g/mol. The Morgan fingerprint density at radius 2 is 1.03 bits per heavy atom. The molecular formula is C68H55BN2O2. The van der Waals surface area contributed by atoms with E-state index in [1.807, 2.05) is 0 Å². The van der Waals surface area contributed by atoms with Crippen molar-refractivity contribution in [1.29, 1.82) is 0 Å². The van der Waals surface area contributed by atoms with Gasteiger partial charge in [0.05, 0.1) is 16.7 Å². The summed E-state index contributed by atoms with van der Waals surface area (Å²) >= 11 is 0. The Balaban J connectivity index is 0.963. The van der Waals surface area contributed by atoms with Gasteiger partial charge in [0, 0.05) is 54.8 Å². The van der Waals surface area contributed by atoms with Gasteiger partial charge in [-0.2, -0.15) is 0 Å². The molecule has 8 bridgehead atoms. The molecule has 0 amide bonds. The normalized spacial score (nSPS) is 27.9. The van der Waals surface area contributed by atoms with Gasteiger partial charge in [0.15, 0.2) is 5.58 Å². The second kappa shape index (κ2) is 13.6. The first-order valence-corrected chi connectivity index (χ1v) is 28.0. The summed E-state index contributed by atoms with van der Waals surface area (Å²) in [7, 11) is 0. The molecule has 10 aliphatic rings. The molecule has 11 aromatic rings. The lowest BCUT2D eigenvalue weighted by Crippen LogP contribution is -2.61. The van der Waals surface area contributed by atoms with Crippen LogP contribution in [-0.2, 0) is 10.8 Å². The van der Waals surface area contributed by atoms with Crippen molar-refractivity contribution in [2.45, 2.75) is 87.9 Å². The summed E-state index contributed by atoms with van der Waals surface area (Å²) in [5.74, 6) is 5.22. The van der Waals surface area contributed by atoms with E-state index in [-0.39, 0.29) is 12.3 Å². The minimum absolute atomic E-state index is 0.160. The van der Waals surface area contributed by atoms with Crippen molar-refractivity contribution in [2.24, 2.45) is 35.5 Å². The number of furan rings is 2. The third-order valence-corrected chi connectivity index (χ3v) is 21.2. The fraction of sp³-hybridized carbons (Fsp3) is 0.294. The molecule has 3 aromatic heterocycles. The zero-order chi connectivity index (χ0) is 47.1. The van der Waals surface area contributed by atoms with E-state index in [0.29, 0.717) is 5.41 Å². The van der Waals surface area contributed by atoms with Crippen LogP contribution in [0.5, 0.6) is 0 Å². The van der Waals surface area contributed by atoms with E-state index in [0.717, 1.165) is 85.2 Å². The van der Waals surface area contributed by atoms with E-state index >= 15 is 0 Å². The fourth-order valence-electron chi connectivity index (χ4n) is 19.3. The molecule has 0 atom stereocenters. The Morgan fingerprint density at radius 1 is 0.452 bits per heavy atom. The minimum Gasteiger partial charge on any atom is -0.455 e. The Bertz CT molecular complexity index is 4180. The van der Waals surface area contributed by atoms with Crippen LogP contribution in [0.1, 0.15) is 88.2 Å². The quantitative estimate of drug-likeness (QED) is 0.165. The van der Waals surface area contributed by atoms with Crippen LogP contribution in [0.4, 0.5) is 11.4 Å². The van der Waals surface area contributed by atoms with Gasteiger partial charge >= 0.3 is 6.85 Å². The van der Waals surface area contributed by atoms with Crippen molar-refractivity contribution in [3.8, 4) is 27.9 Å². The van der Waals surface area contributed by atoms with Gasteiger partial charge in [-0.15, -0.1) is 0 Å². The summed E-state index contributed by atoms with van der Waals surface area (Å²) in [6.45, 7) is -0.160. The molecule has 5 heteroatoms. The van der Waals surface area contributed by atoms with Crippen LogP contribution in [0.25, 0.3) is 93.6 Å². The van der Waals surface area contributed by atoms with E-state index in [2.05, 4.69) is 161 Å². The van der Waals surface area contributed by atoms with Gasteiger partial charge in [-0.3, -0.25) is 0 Å². The molecule has 0 N–H and O–H groups in total. The van der Waals surface area contributed by atoms with Crippen molar-refractivity contribution in [3.05, 3.63) is 163 Å². The van der Waals surface area contributed by atoms with E-state index in [1.54, 1.807) is 11.1 Å². The van der Waals surface area contributed by atoms with Gasteiger partial charge in [-0.25, -0.2) is 0 Å². The number of rotatable bonds is 4. The monoisotopic (exact) mass is 942 g/mol. The topological polar surface area (TPSA) is 34.5 Å². The number of nitrogens with zero attached hydrogens (tertiary/aromatic N) is 2. The number of hydrogen-bond donors (Lipinski definition) is 0. The first kappa shape index (κ1) is 39.5. The maximum Gasteiger partial charge on any atom is 0.333 e. The lowest BCUT2D eigenvalue weighted by molar-refractivity contribution is -0.00526. The van der Waals surface area contributed by atoms with Crippen molar-refractivity contribution >= 4 is 94.8 Å². The Morgan fingerprint density at radius 3 is 1.70 bits per heavy atom. The number of anilines is 2. The molecule has 0 unspecified atom stereocenters. The van der Waals surface area contributed by atoms with E-state index in [1.165, 1.54) is 143 Å². The van der Waals surface area contributed by atoms with Gasteiger partial charge < -0.3 is 18.2 Å². The fourth-order valence-corrected chi connectivity index (χ4v) is 19.3. The average molecular weight is 943 g/mol. The molecule has 0 spiro atoms. The Kier molecular flexibility index (Phi) is 7.36. The Hall–Kier alpha value is -6.98. The summed E-state index contributed by atoms with van der Waals surface area (Å²) < 4.78 is 17.2. The van der Waals surface area contributed by atoms with E-state index < -0.39 is 0 Å². The third kappa shape index (κ3) is 5.10. The van der Waals surface area contributed by atoms with Gasteiger partial charge in [-0.1, -0.05) is 97.1 Å². The molecule has 8 fully saturated rings. The summed E-state index contributed by atoms with van der Waals surface area (Å²) in [6, 6.07) is 58.4. The molecule has 4 nitrogen and oxygen atoms in total. The highest BCUT2D eigenvalue weighted by atomic mass is 16.3. The SMILES string of the molecule is c1ccc(-c2ccc(N3B4c5c(cc6c(oc7ccccc76)c5-c5ccc6c(oc7ccccc76)c53)-n3c5ccc(C67CC8CC(CC(C8)C6)C7)cc5c5cc(C67CC8CC(CC(C8)C6)C7)cc4c53)cc2)cc1. The summed E-state index contributed by atoms with van der Waals surface area (Å²) in [4.78, 5) is 2.72. The van der Waals surface area contributed by atoms with Crippen LogP contribution >= 0.6 is 0 Å². The van der Waals surface area contributed by atoms with E-state index in [9.17, 15) is 0 Å². The molecule has 2 aliphatic heterocycles. The highest BCUT2D eigenvalue weighted by Crippen LogP contribution is 2.63. The van der Waals surface area contributed by atoms with Crippen molar-refractivity contribution in [2.75, 3.05) is 4.81 Å². The maximum absolute atomic E-state index is 7.25. The maximum atomic E-state index is 7.25. The number of para-hydroxylation sites is 2. The molecule has 8 aromatic carbocycles. The predicted molar refractivity (Wildman–Crippen MR) is 300 cm³/mol. The lowest BCUT2D eigenvalue weighted by atomic mass is 9.42. The van der Waals surface area contributed by atoms with Gasteiger partial charge in [-0.05, 0) is 211 Å². The van der Waals surface area contributed by atoms with Crippen LogP contribution in [0, 0.1) is 35.5 Å². The molecule has 0 radical (unpaired) electrons. The average Bonchev–Trinajstić information content (AvgIpc) is 4.18. The molecule has 8 aliphatic carbocycles. The zero-order valence-corrected chi connectivity index (χ0v) is 41.2. The molecule has 21 rings (SSSR count). The van der Waals surface area contributed by atoms with Gasteiger partial charge in [0.25, 0.3) is 0 Å². The molecule has 5 heterocycles. The minimum atomic E-state index is -0.160. The molecule has 0 saturated heterocycles. The number of aromatic nitrogens is 1. The van der Waals surface area contributed by atoms with Crippen LogP contribution in [0.3, 0.4) is 0 Å². The smallest absolute Gasteiger partial charge is 0.333 e. The third-order valence-electron chi connectivity index (χ3n) is 21.2. The second-order valence-corrected chi connectivity index (χ2v) is 25.2. The number of fused-ring (bicyclic) bond motifs is 15. The van der Waals surface area contributed by atoms with Gasteiger partial charge in [0.2, 0.25) is 0 Å². The number of benzene rings is 8. The summed E-state index contributed by atoms with van der Waals surface area (Å²) in [6.07, 6.45) is 16.8. The van der Waals surface area contributed by atoms with Crippen molar-refractivity contribution in [3.63, 3.8) is 0 Å². The molecule has 73 heavy (non-hydrogen) atoms. The summed E-state index contributed by atoms with van der Waals surface area (Å²) in [5.41, 5.74) is 21.4. The van der Waals surface area contributed by atoms with Crippen LogP contribution in [0.2, 0.25) is 0 Å². The summed E-state index contributed by atoms with van der Waals surface area (Å²) in [5, 5.41) is 7.55. The van der Waals surface area contributed by atoms with Crippen molar-refractivity contribution < 1.29 is 8.83 Å². The highest BCUT2D eigenvalue weighted by Gasteiger charge is 2.55. The molecule has 352 valence electrons. The standard InChI is InChI=1S/C68H55BN2O2/c1-2-8-44(9-3-1)45-14-17-48(18-15-45)71-64-52(20-19-51-49-10-4-6-12-59(49)73-66(51)64)61-62-58(31-55-50-11-5-7-13-60(50)72-65(55)61)70-57-21-16-46(67-32-38-22-39(33-67)24-40(23-38)34-67)28-53(57)54-29-47(30-56(63(54)70)69(62)71)68-35-41-25-42(36-68)27-43(26-41)37-68/h1-21,28-31,38-43H,22-27,32-37H2. The largest absolute Gasteiger partial charge is 0.455 e. The first-order chi connectivity index (χ1) is 36.0. The Labute approximate surface area is 425 Å².